The fourth-order valence-electron chi connectivity index (χ4n) is 3.32. The molecule has 0 bridgehead atoms. The van der Waals surface area contributed by atoms with Gasteiger partial charge in [-0.3, -0.25) is 4.90 Å². The van der Waals surface area contributed by atoms with Gasteiger partial charge in [0.2, 0.25) is 10.0 Å². The van der Waals surface area contributed by atoms with Crippen LogP contribution in [0.1, 0.15) is 24.1 Å². The zero-order valence-corrected chi connectivity index (χ0v) is 16.4. The highest BCUT2D eigenvalue weighted by molar-refractivity contribution is 7.89. The van der Waals surface area contributed by atoms with Gasteiger partial charge in [0.1, 0.15) is 5.75 Å². The minimum absolute atomic E-state index is 0.00328. The number of hydrogen-bond acceptors (Lipinski definition) is 4. The van der Waals surface area contributed by atoms with Gasteiger partial charge in [0.05, 0.1) is 12.0 Å². The largest absolute Gasteiger partial charge is 0.497 e. The van der Waals surface area contributed by atoms with Crippen LogP contribution in [0.3, 0.4) is 0 Å². The number of ether oxygens (including phenoxy) is 1. The standard InChI is InChI=1S/C20H26N2O3S/c1-4-16-8-10-19(11-9-16)26(23,24)22-13-12-21(2)20(15-22)17-6-5-7-18(14-17)25-3/h5-11,14,20H,4,12-13,15H2,1-3H3. The fraction of sp³-hybridized carbons (Fsp3) is 0.400. The number of piperazine rings is 1. The molecule has 0 aliphatic carbocycles. The van der Waals surface area contributed by atoms with Crippen LogP contribution >= 0.6 is 0 Å². The Morgan fingerprint density at radius 3 is 2.50 bits per heavy atom. The highest BCUT2D eigenvalue weighted by atomic mass is 32.2. The van der Waals surface area contributed by atoms with Crippen molar-refractivity contribution in [2.24, 2.45) is 0 Å². The van der Waals surface area contributed by atoms with E-state index < -0.39 is 10.0 Å². The molecule has 1 aliphatic rings. The number of aryl methyl sites for hydroxylation is 1. The molecule has 1 heterocycles. The maximum Gasteiger partial charge on any atom is 0.243 e. The van der Waals surface area contributed by atoms with Gasteiger partial charge in [-0.1, -0.05) is 31.2 Å². The first-order valence-corrected chi connectivity index (χ1v) is 10.3. The zero-order valence-electron chi connectivity index (χ0n) is 15.6. The van der Waals surface area contributed by atoms with Crippen LogP contribution < -0.4 is 4.74 Å². The van der Waals surface area contributed by atoms with Crippen molar-refractivity contribution < 1.29 is 13.2 Å². The Morgan fingerprint density at radius 1 is 1.12 bits per heavy atom. The molecule has 0 radical (unpaired) electrons. The monoisotopic (exact) mass is 374 g/mol. The molecule has 1 unspecified atom stereocenters. The first-order valence-electron chi connectivity index (χ1n) is 8.89. The SMILES string of the molecule is CCc1ccc(S(=O)(=O)N2CCN(C)C(c3cccc(OC)c3)C2)cc1. The molecule has 0 amide bonds. The third-order valence-corrected chi connectivity index (χ3v) is 6.94. The normalized spacial score (nSPS) is 19.4. The average Bonchev–Trinajstić information content (AvgIpc) is 2.68. The van der Waals surface area contributed by atoms with Gasteiger partial charge in [-0.05, 0) is 48.9 Å². The van der Waals surface area contributed by atoms with Crippen LogP contribution in [0, 0.1) is 0 Å². The van der Waals surface area contributed by atoms with Crippen LogP contribution in [0.15, 0.2) is 53.4 Å². The van der Waals surface area contributed by atoms with Crippen molar-refractivity contribution >= 4 is 10.0 Å². The van der Waals surface area contributed by atoms with Crippen LogP contribution in [-0.2, 0) is 16.4 Å². The van der Waals surface area contributed by atoms with Gasteiger partial charge in [0.25, 0.3) is 0 Å². The summed E-state index contributed by atoms with van der Waals surface area (Å²) in [5.74, 6) is 0.783. The Morgan fingerprint density at radius 2 is 1.85 bits per heavy atom. The van der Waals surface area contributed by atoms with Crippen LogP contribution in [0.25, 0.3) is 0 Å². The molecular weight excluding hydrogens is 348 g/mol. The van der Waals surface area contributed by atoms with Crippen molar-refractivity contribution in [2.75, 3.05) is 33.8 Å². The minimum atomic E-state index is -3.49. The third-order valence-electron chi connectivity index (χ3n) is 5.06. The van der Waals surface area contributed by atoms with Crippen LogP contribution in [0.5, 0.6) is 5.75 Å². The van der Waals surface area contributed by atoms with E-state index in [9.17, 15) is 8.42 Å². The molecule has 0 aromatic heterocycles. The first-order chi connectivity index (χ1) is 12.5. The van der Waals surface area contributed by atoms with Crippen LogP contribution in [0.2, 0.25) is 0 Å². The van der Waals surface area contributed by atoms with E-state index in [-0.39, 0.29) is 6.04 Å². The molecule has 1 atom stereocenters. The summed E-state index contributed by atoms with van der Waals surface area (Å²) in [4.78, 5) is 2.56. The maximum absolute atomic E-state index is 13.1. The van der Waals surface area contributed by atoms with Crippen LogP contribution in [0.4, 0.5) is 0 Å². The molecule has 0 saturated carbocycles. The molecular formula is C20H26N2O3S. The summed E-state index contributed by atoms with van der Waals surface area (Å²) in [7, 11) is 0.180. The molecule has 26 heavy (non-hydrogen) atoms. The highest BCUT2D eigenvalue weighted by Gasteiger charge is 2.33. The molecule has 5 nitrogen and oxygen atoms in total. The number of nitrogens with zero attached hydrogens (tertiary/aromatic N) is 2. The Kier molecular flexibility index (Phi) is 5.65. The van der Waals surface area contributed by atoms with Crippen molar-refractivity contribution in [2.45, 2.75) is 24.3 Å². The summed E-state index contributed by atoms with van der Waals surface area (Å²) in [6, 6.07) is 15.1. The lowest BCUT2D eigenvalue weighted by atomic mass is 10.0. The second-order valence-electron chi connectivity index (χ2n) is 6.63. The van der Waals surface area contributed by atoms with E-state index in [1.54, 1.807) is 23.5 Å². The van der Waals surface area contributed by atoms with Gasteiger partial charge in [0, 0.05) is 25.7 Å². The molecule has 6 heteroatoms. The highest BCUT2D eigenvalue weighted by Crippen LogP contribution is 2.29. The quantitative estimate of drug-likeness (QED) is 0.807. The molecule has 1 aliphatic heterocycles. The summed E-state index contributed by atoms with van der Waals surface area (Å²) in [5.41, 5.74) is 2.20. The second-order valence-corrected chi connectivity index (χ2v) is 8.57. The van der Waals surface area contributed by atoms with Crippen molar-refractivity contribution in [1.29, 1.82) is 0 Å². The molecule has 2 aromatic rings. The molecule has 140 valence electrons. The molecule has 3 rings (SSSR count). The summed E-state index contributed by atoms with van der Waals surface area (Å²) >= 11 is 0. The average molecular weight is 375 g/mol. The van der Waals surface area contributed by atoms with E-state index in [2.05, 4.69) is 11.8 Å². The van der Waals surface area contributed by atoms with Crippen molar-refractivity contribution in [3.05, 3.63) is 59.7 Å². The lowest BCUT2D eigenvalue weighted by Crippen LogP contribution is -2.48. The smallest absolute Gasteiger partial charge is 0.243 e. The number of likely N-dealkylation sites (N-methyl/N-ethyl adjacent to an activating group) is 1. The van der Waals surface area contributed by atoms with Crippen molar-refractivity contribution in [3.63, 3.8) is 0 Å². The topological polar surface area (TPSA) is 49.9 Å². The lowest BCUT2D eigenvalue weighted by molar-refractivity contribution is 0.148. The molecule has 0 spiro atoms. The zero-order chi connectivity index (χ0) is 18.7. The maximum atomic E-state index is 13.1. The van der Waals surface area contributed by atoms with Gasteiger partial charge < -0.3 is 4.74 Å². The number of hydrogen-bond donors (Lipinski definition) is 0. The van der Waals surface area contributed by atoms with E-state index in [4.69, 9.17) is 4.74 Å². The van der Waals surface area contributed by atoms with E-state index >= 15 is 0 Å². The number of methoxy groups -OCH3 is 1. The van der Waals surface area contributed by atoms with E-state index in [1.807, 2.05) is 43.4 Å². The summed E-state index contributed by atoms with van der Waals surface area (Å²) in [6.45, 7) is 3.67. The summed E-state index contributed by atoms with van der Waals surface area (Å²) < 4.78 is 33.1. The van der Waals surface area contributed by atoms with Gasteiger partial charge in [0.15, 0.2) is 0 Å². The summed E-state index contributed by atoms with van der Waals surface area (Å²) in [6.07, 6.45) is 0.896. The molecule has 0 N–H and O–H groups in total. The van der Waals surface area contributed by atoms with E-state index in [0.717, 1.165) is 23.3 Å². The Balaban J connectivity index is 1.86. The van der Waals surface area contributed by atoms with Crippen LogP contribution in [-0.4, -0.2) is 51.4 Å². The second kappa shape index (κ2) is 7.78. The van der Waals surface area contributed by atoms with Crippen molar-refractivity contribution in [3.8, 4) is 5.75 Å². The predicted molar refractivity (Wildman–Crippen MR) is 103 cm³/mol. The van der Waals surface area contributed by atoms with Gasteiger partial charge in [-0.15, -0.1) is 0 Å². The molecule has 1 saturated heterocycles. The first kappa shape index (κ1) is 18.9. The molecule has 1 fully saturated rings. The van der Waals surface area contributed by atoms with Gasteiger partial charge >= 0.3 is 0 Å². The van der Waals surface area contributed by atoms with E-state index in [0.29, 0.717) is 24.5 Å². The van der Waals surface area contributed by atoms with Gasteiger partial charge in [-0.25, -0.2) is 8.42 Å². The fourth-order valence-corrected chi connectivity index (χ4v) is 4.76. The summed E-state index contributed by atoms with van der Waals surface area (Å²) in [5, 5.41) is 0. The third kappa shape index (κ3) is 3.77. The van der Waals surface area contributed by atoms with E-state index in [1.165, 1.54) is 0 Å². The lowest BCUT2D eigenvalue weighted by Gasteiger charge is -2.39. The van der Waals surface area contributed by atoms with Crippen molar-refractivity contribution in [1.82, 2.24) is 9.21 Å². The van der Waals surface area contributed by atoms with Gasteiger partial charge in [-0.2, -0.15) is 4.31 Å². The Bertz CT molecular complexity index is 850. The number of benzene rings is 2. The predicted octanol–water partition coefficient (Wildman–Crippen LogP) is 2.94. The Hall–Kier alpha value is -1.89. The minimum Gasteiger partial charge on any atom is -0.497 e. The number of rotatable bonds is 5. The number of sulfonamides is 1. The molecule has 2 aromatic carbocycles. The Labute approximate surface area is 156 Å².